The van der Waals surface area contributed by atoms with E-state index in [0.717, 1.165) is 0 Å². The zero-order valence-corrected chi connectivity index (χ0v) is 20.8. The summed E-state index contributed by atoms with van der Waals surface area (Å²) >= 11 is 6.15. The van der Waals surface area contributed by atoms with Crippen molar-refractivity contribution >= 4 is 34.7 Å². The number of carbonyl (C=O) groups excluding carboxylic acids is 1. The normalized spacial score (nSPS) is 25.3. The minimum absolute atomic E-state index is 0.0226. The Morgan fingerprint density at radius 3 is 2.54 bits per heavy atom. The van der Waals surface area contributed by atoms with Crippen molar-refractivity contribution in [3.63, 3.8) is 0 Å². The molecule has 37 heavy (non-hydrogen) atoms. The average Bonchev–Trinajstić information content (AvgIpc) is 3.37. The molecule has 2 aromatic carbocycles. The second kappa shape index (κ2) is 8.89. The number of ether oxygens (including phenoxy) is 2. The summed E-state index contributed by atoms with van der Waals surface area (Å²) in [7, 11) is 0. The van der Waals surface area contributed by atoms with Crippen LogP contribution < -0.4 is 0 Å². The Labute approximate surface area is 215 Å². The molecule has 1 N–H and O–H groups in total. The van der Waals surface area contributed by atoms with Gasteiger partial charge in [-0.05, 0) is 50.1 Å². The van der Waals surface area contributed by atoms with Gasteiger partial charge in [-0.1, -0.05) is 41.9 Å². The molecule has 0 radical (unpaired) electrons. The van der Waals surface area contributed by atoms with Gasteiger partial charge in [0, 0.05) is 0 Å². The highest BCUT2D eigenvalue weighted by atomic mass is 35.5. The molecule has 190 valence electrons. The van der Waals surface area contributed by atoms with Crippen LogP contribution in [-0.4, -0.2) is 47.8 Å². The minimum Gasteiger partial charge on any atom is -0.478 e. The van der Waals surface area contributed by atoms with E-state index in [4.69, 9.17) is 21.1 Å². The molecule has 1 fully saturated rings. The molecule has 11 heteroatoms. The van der Waals surface area contributed by atoms with E-state index >= 15 is 4.39 Å². The van der Waals surface area contributed by atoms with Crippen molar-refractivity contribution in [2.75, 3.05) is 0 Å². The summed E-state index contributed by atoms with van der Waals surface area (Å²) in [4.78, 5) is 37.3. The zero-order valence-electron chi connectivity index (χ0n) is 20.1. The standard InChI is InChI=1S/C26H22ClFN4O5/c1-14-16(10-7-11-17(14)22(33)34)19-26(3,37-23(35)15-8-5-4-6-9-15)25(2,28)24(36-19)32-13-31-18-20(27)29-12-30-21(18)32/h4-13,19,24H,1-3H3,(H,33,34)/t19-,24?,25+,26?/m1/s1. The highest BCUT2D eigenvalue weighted by molar-refractivity contribution is 6.33. The van der Waals surface area contributed by atoms with Crippen LogP contribution in [0.25, 0.3) is 11.2 Å². The molecule has 0 saturated carbocycles. The maximum Gasteiger partial charge on any atom is 0.338 e. The third-order valence-electron chi connectivity index (χ3n) is 6.97. The Kier molecular flexibility index (Phi) is 5.96. The number of nitrogens with zero attached hydrogens (tertiary/aromatic N) is 4. The third kappa shape index (κ3) is 3.84. The van der Waals surface area contributed by atoms with Crippen molar-refractivity contribution in [3.8, 4) is 0 Å². The van der Waals surface area contributed by atoms with Crippen molar-refractivity contribution in [1.29, 1.82) is 0 Å². The highest BCUT2D eigenvalue weighted by Gasteiger charge is 2.67. The van der Waals surface area contributed by atoms with E-state index < -0.39 is 35.5 Å². The molecule has 4 atom stereocenters. The van der Waals surface area contributed by atoms with E-state index in [2.05, 4.69) is 15.0 Å². The molecule has 3 heterocycles. The van der Waals surface area contributed by atoms with Gasteiger partial charge in [-0.15, -0.1) is 0 Å². The zero-order chi connectivity index (χ0) is 26.5. The predicted octanol–water partition coefficient (Wildman–Crippen LogP) is 5.10. The molecule has 2 unspecified atom stereocenters. The van der Waals surface area contributed by atoms with Crippen molar-refractivity contribution in [2.24, 2.45) is 0 Å². The lowest BCUT2D eigenvalue weighted by atomic mass is 9.80. The van der Waals surface area contributed by atoms with Crippen molar-refractivity contribution in [1.82, 2.24) is 19.5 Å². The summed E-state index contributed by atoms with van der Waals surface area (Å²) in [5.41, 5.74) is -2.80. The topological polar surface area (TPSA) is 116 Å². The Morgan fingerprint density at radius 1 is 1.11 bits per heavy atom. The largest absolute Gasteiger partial charge is 0.478 e. The second-order valence-electron chi connectivity index (χ2n) is 9.12. The summed E-state index contributed by atoms with van der Waals surface area (Å²) in [5, 5.41) is 9.75. The molecule has 9 nitrogen and oxygen atoms in total. The minimum atomic E-state index is -2.35. The number of carboxylic acids is 1. The number of rotatable bonds is 5. The van der Waals surface area contributed by atoms with Crippen molar-refractivity contribution in [2.45, 2.75) is 44.4 Å². The summed E-state index contributed by atoms with van der Waals surface area (Å²) in [5.74, 6) is -1.90. The monoisotopic (exact) mass is 524 g/mol. The van der Waals surface area contributed by atoms with E-state index in [-0.39, 0.29) is 27.4 Å². The number of esters is 1. The molecule has 5 rings (SSSR count). The Hall–Kier alpha value is -3.89. The van der Waals surface area contributed by atoms with Gasteiger partial charge in [0.1, 0.15) is 17.9 Å². The van der Waals surface area contributed by atoms with E-state index in [1.54, 1.807) is 43.3 Å². The van der Waals surface area contributed by atoms with Gasteiger partial charge >= 0.3 is 11.9 Å². The smallest absolute Gasteiger partial charge is 0.338 e. The SMILES string of the molecule is Cc1c(C(=O)O)cccc1[C@H]1OC(n2cnc3c(Cl)ncnc32)[C@](C)(F)C1(C)OC(=O)c1ccccc1. The number of fused-ring (bicyclic) bond motifs is 1. The van der Waals surface area contributed by atoms with Crippen molar-refractivity contribution in [3.05, 3.63) is 88.6 Å². The molecule has 0 spiro atoms. The van der Waals surface area contributed by atoms with Crippen LogP contribution in [0, 0.1) is 6.92 Å². The summed E-state index contributed by atoms with van der Waals surface area (Å²) < 4.78 is 30.6. The number of halogens is 2. The lowest BCUT2D eigenvalue weighted by molar-refractivity contribution is -0.0959. The van der Waals surface area contributed by atoms with Crippen molar-refractivity contribution < 1.29 is 28.6 Å². The van der Waals surface area contributed by atoms with Gasteiger partial charge in [-0.2, -0.15) is 0 Å². The van der Waals surface area contributed by atoms with Crippen LogP contribution in [0.5, 0.6) is 0 Å². The Bertz CT molecular complexity index is 1530. The molecule has 4 aromatic rings. The molecule has 0 aliphatic carbocycles. The maximum atomic E-state index is 17.1. The molecule has 1 saturated heterocycles. The van der Waals surface area contributed by atoms with Gasteiger partial charge in [0.15, 0.2) is 28.3 Å². The number of carbonyl (C=O) groups is 2. The first kappa shape index (κ1) is 24.8. The predicted molar refractivity (Wildman–Crippen MR) is 131 cm³/mol. The van der Waals surface area contributed by atoms with E-state index in [0.29, 0.717) is 11.1 Å². The number of aromatic nitrogens is 4. The third-order valence-corrected chi connectivity index (χ3v) is 7.25. The number of alkyl halides is 1. The first-order chi connectivity index (χ1) is 17.6. The van der Waals surface area contributed by atoms with Crippen LogP contribution in [0.15, 0.2) is 61.2 Å². The van der Waals surface area contributed by atoms with Gasteiger partial charge in [0.2, 0.25) is 0 Å². The molecule has 0 bridgehead atoms. The molecular weight excluding hydrogens is 503 g/mol. The van der Waals surface area contributed by atoms with Gasteiger partial charge < -0.3 is 14.6 Å². The fourth-order valence-electron chi connectivity index (χ4n) is 4.73. The molecule has 1 aliphatic heterocycles. The van der Waals surface area contributed by atoms with Crippen LogP contribution in [0.1, 0.15) is 58.0 Å². The van der Waals surface area contributed by atoms with Gasteiger partial charge in [0.25, 0.3) is 0 Å². The summed E-state index contributed by atoms with van der Waals surface area (Å²) in [6.45, 7) is 4.30. The number of aromatic carboxylic acids is 1. The molecule has 0 amide bonds. The first-order valence-electron chi connectivity index (χ1n) is 11.3. The Balaban J connectivity index is 1.67. The van der Waals surface area contributed by atoms with Crippen LogP contribution in [0.3, 0.4) is 0 Å². The average molecular weight is 525 g/mol. The van der Waals surface area contributed by atoms with Crippen LogP contribution in [0.4, 0.5) is 4.39 Å². The van der Waals surface area contributed by atoms with E-state index in [1.807, 2.05) is 0 Å². The fraction of sp³-hybridized carbons (Fsp3) is 0.269. The lowest BCUT2D eigenvalue weighted by Crippen LogP contribution is -2.51. The van der Waals surface area contributed by atoms with Crippen LogP contribution >= 0.6 is 11.6 Å². The quantitative estimate of drug-likeness (QED) is 0.283. The number of hydrogen-bond donors (Lipinski definition) is 1. The summed E-state index contributed by atoms with van der Waals surface area (Å²) in [6.07, 6.45) is -0.000102. The number of imidazole rings is 1. The Morgan fingerprint density at radius 2 is 1.84 bits per heavy atom. The maximum absolute atomic E-state index is 17.1. The van der Waals surface area contributed by atoms with Crippen LogP contribution in [0.2, 0.25) is 5.15 Å². The van der Waals surface area contributed by atoms with E-state index in [9.17, 15) is 14.7 Å². The number of benzene rings is 2. The van der Waals surface area contributed by atoms with Gasteiger partial charge in [-0.25, -0.2) is 28.9 Å². The fourth-order valence-corrected chi connectivity index (χ4v) is 4.91. The number of hydrogen-bond acceptors (Lipinski definition) is 7. The number of carboxylic acid groups (broad SMARTS) is 1. The van der Waals surface area contributed by atoms with Gasteiger partial charge in [0.05, 0.1) is 17.5 Å². The van der Waals surface area contributed by atoms with Gasteiger partial charge in [-0.3, -0.25) is 4.57 Å². The van der Waals surface area contributed by atoms with Crippen LogP contribution in [-0.2, 0) is 9.47 Å². The molecule has 1 aliphatic rings. The molecule has 2 aromatic heterocycles. The van der Waals surface area contributed by atoms with E-state index in [1.165, 1.54) is 43.2 Å². The molecular formula is C26H22ClFN4O5. The second-order valence-corrected chi connectivity index (χ2v) is 9.48. The summed E-state index contributed by atoms with van der Waals surface area (Å²) in [6, 6.07) is 12.8. The first-order valence-corrected chi connectivity index (χ1v) is 11.7. The lowest BCUT2D eigenvalue weighted by Gasteiger charge is -2.38. The highest BCUT2D eigenvalue weighted by Crippen LogP contribution is 2.57.